The first kappa shape index (κ1) is 11.8. The molecular weight excluding hydrogens is 230 g/mol. The van der Waals surface area contributed by atoms with Crippen LogP contribution in [0.1, 0.15) is 24.2 Å². The van der Waals surface area contributed by atoms with Crippen molar-refractivity contribution in [3.05, 3.63) is 35.2 Å². The lowest BCUT2D eigenvalue weighted by atomic mass is 9.89. The van der Waals surface area contributed by atoms with Crippen molar-refractivity contribution in [2.75, 3.05) is 0 Å². The highest BCUT2D eigenvalue weighted by Gasteiger charge is 2.25. The topological polar surface area (TPSA) is 40.9 Å². The minimum absolute atomic E-state index is 0.0474. The van der Waals surface area contributed by atoms with Crippen molar-refractivity contribution in [1.82, 2.24) is 0 Å². The zero-order valence-corrected chi connectivity index (χ0v) is 10.6. The van der Waals surface area contributed by atoms with E-state index in [1.165, 1.54) is 0 Å². The van der Waals surface area contributed by atoms with Crippen molar-refractivity contribution in [3.63, 3.8) is 0 Å². The Labute approximate surface area is 104 Å². The Morgan fingerprint density at radius 2 is 2.06 bits per heavy atom. The number of hydrogen-bond donors (Lipinski definition) is 0. The van der Waals surface area contributed by atoms with Gasteiger partial charge in [-0.05, 0) is 12.0 Å². The maximum atomic E-state index is 12.3. The summed E-state index contributed by atoms with van der Waals surface area (Å²) in [4.78, 5) is 12.3. The van der Waals surface area contributed by atoms with Crippen LogP contribution in [-0.4, -0.2) is 5.78 Å². The summed E-state index contributed by atoms with van der Waals surface area (Å²) in [7, 11) is 0. The molecule has 1 atom stereocenters. The van der Waals surface area contributed by atoms with Crippen LogP contribution in [0.15, 0.2) is 29.6 Å². The van der Waals surface area contributed by atoms with Gasteiger partial charge in [-0.25, -0.2) is 0 Å². The summed E-state index contributed by atoms with van der Waals surface area (Å²) in [5, 5.41) is 11.9. The minimum Gasteiger partial charge on any atom is -0.293 e. The van der Waals surface area contributed by atoms with E-state index in [1.807, 2.05) is 43.5 Å². The molecule has 2 aromatic rings. The molecule has 0 saturated heterocycles. The Hall–Kier alpha value is -1.66. The van der Waals surface area contributed by atoms with Gasteiger partial charge in [-0.2, -0.15) is 5.26 Å². The third kappa shape index (κ3) is 2.09. The number of carbonyl (C=O) groups is 1. The van der Waals surface area contributed by atoms with Crippen molar-refractivity contribution in [1.29, 1.82) is 5.26 Å². The van der Waals surface area contributed by atoms with Gasteiger partial charge in [0.1, 0.15) is 5.92 Å². The van der Waals surface area contributed by atoms with E-state index in [0.29, 0.717) is 5.56 Å². The molecule has 1 aromatic carbocycles. The van der Waals surface area contributed by atoms with Crippen LogP contribution in [0.5, 0.6) is 0 Å². The Bertz CT molecular complexity index is 592. The molecule has 0 aliphatic heterocycles. The van der Waals surface area contributed by atoms with E-state index in [1.54, 1.807) is 11.3 Å². The predicted molar refractivity (Wildman–Crippen MR) is 70.1 cm³/mol. The third-order valence-corrected chi connectivity index (χ3v) is 3.80. The zero-order chi connectivity index (χ0) is 12.4. The van der Waals surface area contributed by atoms with E-state index in [2.05, 4.69) is 6.07 Å². The number of nitrogens with zero attached hydrogens (tertiary/aromatic N) is 1. The van der Waals surface area contributed by atoms with Crippen LogP contribution >= 0.6 is 11.3 Å². The molecule has 1 heterocycles. The van der Waals surface area contributed by atoms with Gasteiger partial charge in [0.25, 0.3) is 0 Å². The second-order valence-corrected chi connectivity index (χ2v) is 5.27. The highest BCUT2D eigenvalue weighted by atomic mass is 32.1. The van der Waals surface area contributed by atoms with Gasteiger partial charge in [0, 0.05) is 21.0 Å². The SMILES string of the molecule is CC(C)C(C#N)C(=O)c1csc2ccccc12. The number of benzene rings is 1. The molecule has 0 fully saturated rings. The standard InChI is InChI=1S/C14H13NOS/c1-9(2)11(7-15)14(16)12-8-17-13-6-4-3-5-10(12)13/h3-6,8-9,11H,1-2H3. The molecule has 1 aromatic heterocycles. The minimum atomic E-state index is -0.548. The lowest BCUT2D eigenvalue weighted by Crippen LogP contribution is -2.18. The fourth-order valence-corrected chi connectivity index (χ4v) is 2.80. The highest BCUT2D eigenvalue weighted by Crippen LogP contribution is 2.29. The van der Waals surface area contributed by atoms with Gasteiger partial charge in [0.05, 0.1) is 6.07 Å². The number of rotatable bonds is 3. The second kappa shape index (κ2) is 4.68. The number of thiophene rings is 1. The van der Waals surface area contributed by atoms with Crippen molar-refractivity contribution in [2.45, 2.75) is 13.8 Å². The van der Waals surface area contributed by atoms with Gasteiger partial charge < -0.3 is 0 Å². The molecule has 0 aliphatic rings. The van der Waals surface area contributed by atoms with Gasteiger partial charge in [-0.3, -0.25) is 4.79 Å². The van der Waals surface area contributed by atoms with Gasteiger partial charge in [0.15, 0.2) is 5.78 Å². The Kier molecular flexibility index (Phi) is 3.26. The summed E-state index contributed by atoms with van der Waals surface area (Å²) in [6, 6.07) is 9.92. The lowest BCUT2D eigenvalue weighted by Gasteiger charge is -2.10. The maximum absolute atomic E-state index is 12.3. The number of hydrogen-bond acceptors (Lipinski definition) is 3. The Morgan fingerprint density at radius 3 is 2.71 bits per heavy atom. The summed E-state index contributed by atoms with van der Waals surface area (Å²) in [6.07, 6.45) is 0. The molecule has 86 valence electrons. The third-order valence-electron chi connectivity index (χ3n) is 2.83. The number of ketones is 1. The van der Waals surface area contributed by atoms with Crippen LogP contribution in [0.3, 0.4) is 0 Å². The smallest absolute Gasteiger partial charge is 0.181 e. The number of carbonyl (C=O) groups excluding carboxylic acids is 1. The van der Waals surface area contributed by atoms with E-state index >= 15 is 0 Å². The molecule has 2 nitrogen and oxygen atoms in total. The van der Waals surface area contributed by atoms with Gasteiger partial charge in [0.2, 0.25) is 0 Å². The van der Waals surface area contributed by atoms with E-state index in [4.69, 9.17) is 5.26 Å². The first-order chi connectivity index (χ1) is 8.15. The normalized spacial score (nSPS) is 12.6. The van der Waals surface area contributed by atoms with Crippen LogP contribution in [0.25, 0.3) is 10.1 Å². The molecular formula is C14H13NOS. The van der Waals surface area contributed by atoms with Crippen LogP contribution in [0, 0.1) is 23.2 Å². The Morgan fingerprint density at radius 1 is 1.35 bits per heavy atom. The van der Waals surface area contributed by atoms with Crippen LogP contribution in [-0.2, 0) is 0 Å². The lowest BCUT2D eigenvalue weighted by molar-refractivity contribution is 0.0926. The summed E-state index contributed by atoms with van der Waals surface area (Å²) in [5.74, 6) is -0.556. The largest absolute Gasteiger partial charge is 0.293 e. The van der Waals surface area contributed by atoms with Gasteiger partial charge in [-0.15, -0.1) is 11.3 Å². The average molecular weight is 243 g/mol. The molecule has 0 bridgehead atoms. The van der Waals surface area contributed by atoms with Crippen molar-refractivity contribution in [3.8, 4) is 6.07 Å². The summed E-state index contributed by atoms with van der Waals surface area (Å²) >= 11 is 1.55. The van der Waals surface area contributed by atoms with E-state index in [9.17, 15) is 4.79 Å². The molecule has 0 saturated carbocycles. The quantitative estimate of drug-likeness (QED) is 0.767. The Balaban J connectivity index is 2.47. The molecule has 0 aliphatic carbocycles. The molecule has 0 radical (unpaired) electrons. The predicted octanol–water partition coefficient (Wildman–Crippen LogP) is 3.88. The molecule has 17 heavy (non-hydrogen) atoms. The molecule has 1 unspecified atom stereocenters. The summed E-state index contributed by atoms with van der Waals surface area (Å²) < 4.78 is 1.09. The number of fused-ring (bicyclic) bond motifs is 1. The first-order valence-corrected chi connectivity index (χ1v) is 6.43. The van der Waals surface area contributed by atoms with E-state index in [-0.39, 0.29) is 11.7 Å². The maximum Gasteiger partial charge on any atom is 0.181 e. The average Bonchev–Trinajstić information content (AvgIpc) is 2.72. The molecule has 0 spiro atoms. The summed E-state index contributed by atoms with van der Waals surface area (Å²) in [6.45, 7) is 3.81. The number of Topliss-reactive ketones (excluding diaryl/α,β-unsaturated/α-hetero) is 1. The van der Waals surface area contributed by atoms with Crippen LogP contribution < -0.4 is 0 Å². The van der Waals surface area contributed by atoms with Crippen molar-refractivity contribution in [2.24, 2.45) is 11.8 Å². The molecule has 0 N–H and O–H groups in total. The van der Waals surface area contributed by atoms with E-state index < -0.39 is 5.92 Å². The molecule has 3 heteroatoms. The number of nitriles is 1. The summed E-state index contributed by atoms with van der Waals surface area (Å²) in [5.41, 5.74) is 0.686. The van der Waals surface area contributed by atoms with Gasteiger partial charge in [-0.1, -0.05) is 32.0 Å². The van der Waals surface area contributed by atoms with Crippen molar-refractivity contribution < 1.29 is 4.79 Å². The van der Waals surface area contributed by atoms with Crippen molar-refractivity contribution >= 4 is 27.2 Å². The molecule has 2 rings (SSSR count). The fraction of sp³-hybridized carbons (Fsp3) is 0.286. The second-order valence-electron chi connectivity index (χ2n) is 4.36. The molecule has 0 amide bonds. The zero-order valence-electron chi connectivity index (χ0n) is 9.81. The van der Waals surface area contributed by atoms with Crippen LogP contribution in [0.4, 0.5) is 0 Å². The van der Waals surface area contributed by atoms with Crippen LogP contribution in [0.2, 0.25) is 0 Å². The fourth-order valence-electron chi connectivity index (χ4n) is 1.85. The first-order valence-electron chi connectivity index (χ1n) is 5.55. The van der Waals surface area contributed by atoms with Gasteiger partial charge >= 0.3 is 0 Å². The van der Waals surface area contributed by atoms with E-state index in [0.717, 1.165) is 10.1 Å². The highest BCUT2D eigenvalue weighted by molar-refractivity contribution is 7.17. The monoisotopic (exact) mass is 243 g/mol.